The van der Waals surface area contributed by atoms with Gasteiger partial charge in [0, 0.05) is 0 Å². The van der Waals surface area contributed by atoms with E-state index >= 15 is 0 Å². The number of carbonyl (C=O) groups excluding carboxylic acids is 1. The molecule has 0 aliphatic carbocycles. The second kappa shape index (κ2) is 9.64. The van der Waals surface area contributed by atoms with E-state index in [2.05, 4.69) is 6.92 Å². The lowest BCUT2D eigenvalue weighted by atomic mass is 9.97. The first kappa shape index (κ1) is 15.4. The zero-order valence-electron chi connectivity index (χ0n) is 9.88. The molecule has 0 saturated carbocycles. The average Bonchev–Trinajstić information content (AvgIpc) is 2.26. The number of halogens is 1. The Morgan fingerprint density at radius 3 is 2.19 bits per heavy atom. The van der Waals surface area contributed by atoms with Gasteiger partial charge in [-0.2, -0.15) is 0 Å². The van der Waals surface area contributed by atoms with Crippen LogP contribution in [0.1, 0.15) is 51.9 Å². The number of Topliss-reactive ketones (excluding diaryl/α,β-unsaturated/α-hetero) is 1. The number of carboxylic acids is 1. The highest BCUT2D eigenvalue weighted by atomic mass is 35.5. The third-order valence-electron chi connectivity index (χ3n) is 2.66. The molecule has 1 N–H and O–H groups in total. The van der Waals surface area contributed by atoms with Crippen molar-refractivity contribution in [2.45, 2.75) is 51.9 Å². The SMILES string of the molecule is CCCCCCCCC(C(=O)O)C(=O)CCl. The Kier molecular flexibility index (Phi) is 9.30. The maximum absolute atomic E-state index is 11.2. The summed E-state index contributed by atoms with van der Waals surface area (Å²) >= 11 is 5.36. The first-order chi connectivity index (χ1) is 7.63. The number of unbranched alkanes of at least 4 members (excludes halogenated alkanes) is 5. The van der Waals surface area contributed by atoms with Crippen molar-refractivity contribution in [1.29, 1.82) is 0 Å². The van der Waals surface area contributed by atoms with Gasteiger partial charge in [0.1, 0.15) is 5.92 Å². The summed E-state index contributed by atoms with van der Waals surface area (Å²) in [6, 6.07) is 0. The van der Waals surface area contributed by atoms with E-state index in [0.29, 0.717) is 6.42 Å². The summed E-state index contributed by atoms with van der Waals surface area (Å²) in [5.41, 5.74) is 0. The van der Waals surface area contributed by atoms with Crippen LogP contribution >= 0.6 is 11.6 Å². The summed E-state index contributed by atoms with van der Waals surface area (Å²) < 4.78 is 0. The predicted molar refractivity (Wildman–Crippen MR) is 64.8 cm³/mol. The van der Waals surface area contributed by atoms with Gasteiger partial charge in [-0.05, 0) is 6.42 Å². The smallest absolute Gasteiger partial charge is 0.314 e. The van der Waals surface area contributed by atoms with Crippen LogP contribution in [-0.4, -0.2) is 22.7 Å². The van der Waals surface area contributed by atoms with Crippen molar-refractivity contribution >= 4 is 23.4 Å². The molecule has 1 unspecified atom stereocenters. The molecular formula is C12H21ClO3. The highest BCUT2D eigenvalue weighted by Crippen LogP contribution is 2.14. The third-order valence-corrected chi connectivity index (χ3v) is 2.93. The van der Waals surface area contributed by atoms with Gasteiger partial charge < -0.3 is 5.11 Å². The molecule has 1 atom stereocenters. The van der Waals surface area contributed by atoms with Crippen LogP contribution in [0.5, 0.6) is 0 Å². The van der Waals surface area contributed by atoms with Crippen molar-refractivity contribution in [3.05, 3.63) is 0 Å². The first-order valence-electron chi connectivity index (χ1n) is 5.95. The number of hydrogen-bond donors (Lipinski definition) is 1. The molecule has 0 aliphatic heterocycles. The van der Waals surface area contributed by atoms with E-state index in [1.54, 1.807) is 0 Å². The van der Waals surface area contributed by atoms with Crippen LogP contribution < -0.4 is 0 Å². The zero-order chi connectivity index (χ0) is 12.4. The van der Waals surface area contributed by atoms with Gasteiger partial charge in [0.25, 0.3) is 0 Å². The topological polar surface area (TPSA) is 54.4 Å². The molecule has 0 bridgehead atoms. The fourth-order valence-corrected chi connectivity index (χ4v) is 1.83. The fourth-order valence-electron chi connectivity index (χ4n) is 1.64. The molecule has 0 aromatic heterocycles. The van der Waals surface area contributed by atoms with E-state index in [9.17, 15) is 9.59 Å². The van der Waals surface area contributed by atoms with E-state index in [4.69, 9.17) is 16.7 Å². The molecule has 3 nitrogen and oxygen atoms in total. The minimum Gasteiger partial charge on any atom is -0.481 e. The number of aliphatic carboxylic acids is 1. The van der Waals surface area contributed by atoms with Crippen molar-refractivity contribution in [2.75, 3.05) is 5.88 Å². The van der Waals surface area contributed by atoms with Gasteiger partial charge in [0.2, 0.25) is 0 Å². The van der Waals surface area contributed by atoms with Crippen molar-refractivity contribution in [3.63, 3.8) is 0 Å². The molecule has 0 spiro atoms. The largest absolute Gasteiger partial charge is 0.481 e. The quantitative estimate of drug-likeness (QED) is 0.367. The highest BCUT2D eigenvalue weighted by Gasteiger charge is 2.24. The lowest BCUT2D eigenvalue weighted by molar-refractivity contribution is -0.145. The van der Waals surface area contributed by atoms with E-state index in [1.807, 2.05) is 0 Å². The molecule has 0 rings (SSSR count). The van der Waals surface area contributed by atoms with Gasteiger partial charge >= 0.3 is 5.97 Å². The van der Waals surface area contributed by atoms with Crippen LogP contribution in [0.4, 0.5) is 0 Å². The average molecular weight is 249 g/mol. The van der Waals surface area contributed by atoms with Crippen molar-refractivity contribution in [2.24, 2.45) is 5.92 Å². The summed E-state index contributed by atoms with van der Waals surface area (Å²) in [5.74, 6) is -2.52. The van der Waals surface area contributed by atoms with Crippen molar-refractivity contribution in [3.8, 4) is 0 Å². The Morgan fingerprint density at radius 1 is 1.12 bits per heavy atom. The molecule has 0 saturated heterocycles. The Bertz CT molecular complexity index is 216. The maximum atomic E-state index is 11.2. The number of carbonyl (C=O) groups is 2. The summed E-state index contributed by atoms with van der Waals surface area (Å²) in [5, 5.41) is 8.84. The van der Waals surface area contributed by atoms with E-state index < -0.39 is 11.9 Å². The molecule has 0 aromatic carbocycles. The van der Waals surface area contributed by atoms with E-state index in [0.717, 1.165) is 19.3 Å². The van der Waals surface area contributed by atoms with Crippen LogP contribution in [0.15, 0.2) is 0 Å². The van der Waals surface area contributed by atoms with Gasteiger partial charge in [-0.1, -0.05) is 45.4 Å². The minimum absolute atomic E-state index is 0.202. The number of ketones is 1. The summed E-state index contributed by atoms with van der Waals surface area (Å²) in [4.78, 5) is 22.0. The van der Waals surface area contributed by atoms with Gasteiger partial charge in [0.05, 0.1) is 5.88 Å². The number of carboxylic acid groups (broad SMARTS) is 1. The van der Waals surface area contributed by atoms with Crippen molar-refractivity contribution < 1.29 is 14.7 Å². The standard InChI is InChI=1S/C12H21ClO3/c1-2-3-4-5-6-7-8-10(12(15)16)11(14)9-13/h10H,2-9H2,1H3,(H,15,16). The molecule has 0 amide bonds. The fraction of sp³-hybridized carbons (Fsp3) is 0.833. The number of rotatable bonds is 10. The Balaban J connectivity index is 3.69. The van der Waals surface area contributed by atoms with E-state index in [-0.39, 0.29) is 11.7 Å². The number of alkyl halides is 1. The molecule has 4 heteroatoms. The second-order valence-electron chi connectivity index (χ2n) is 4.05. The van der Waals surface area contributed by atoms with Gasteiger partial charge in [0.15, 0.2) is 5.78 Å². The zero-order valence-corrected chi connectivity index (χ0v) is 10.6. The Labute approximate surface area is 102 Å². The lowest BCUT2D eigenvalue weighted by Gasteiger charge is -2.09. The maximum Gasteiger partial charge on any atom is 0.314 e. The Hall–Kier alpha value is -0.570. The summed E-state index contributed by atoms with van der Waals surface area (Å²) in [6.07, 6.45) is 6.95. The van der Waals surface area contributed by atoms with E-state index in [1.165, 1.54) is 19.3 Å². The second-order valence-corrected chi connectivity index (χ2v) is 4.31. The van der Waals surface area contributed by atoms with Gasteiger partial charge in [-0.15, -0.1) is 11.6 Å². The van der Waals surface area contributed by atoms with Crippen molar-refractivity contribution in [1.82, 2.24) is 0 Å². The van der Waals surface area contributed by atoms with Crippen LogP contribution in [0.3, 0.4) is 0 Å². The van der Waals surface area contributed by atoms with Gasteiger partial charge in [-0.3, -0.25) is 9.59 Å². The molecule has 94 valence electrons. The normalized spacial score (nSPS) is 12.4. The number of hydrogen-bond acceptors (Lipinski definition) is 2. The molecule has 0 aromatic rings. The van der Waals surface area contributed by atoms with Crippen LogP contribution in [-0.2, 0) is 9.59 Å². The van der Waals surface area contributed by atoms with Crippen LogP contribution in [0, 0.1) is 5.92 Å². The lowest BCUT2D eigenvalue weighted by Crippen LogP contribution is -2.24. The van der Waals surface area contributed by atoms with Gasteiger partial charge in [-0.25, -0.2) is 0 Å². The van der Waals surface area contributed by atoms with Crippen LogP contribution in [0.2, 0.25) is 0 Å². The molecule has 16 heavy (non-hydrogen) atoms. The molecular weight excluding hydrogens is 228 g/mol. The molecule has 0 aliphatic rings. The molecule has 0 radical (unpaired) electrons. The molecule has 0 heterocycles. The van der Waals surface area contributed by atoms with Crippen LogP contribution in [0.25, 0.3) is 0 Å². The monoisotopic (exact) mass is 248 g/mol. The summed E-state index contributed by atoms with van der Waals surface area (Å²) in [6.45, 7) is 2.15. The third kappa shape index (κ3) is 6.83. The molecule has 0 fully saturated rings. The Morgan fingerprint density at radius 2 is 1.69 bits per heavy atom. The summed E-state index contributed by atoms with van der Waals surface area (Å²) in [7, 11) is 0. The first-order valence-corrected chi connectivity index (χ1v) is 6.48. The minimum atomic E-state index is -1.04. The predicted octanol–water partition coefficient (Wildman–Crippen LogP) is 3.25. The highest BCUT2D eigenvalue weighted by molar-refractivity contribution is 6.29.